The topological polar surface area (TPSA) is 58.6 Å². The number of alkyl halides is 3. The summed E-state index contributed by atoms with van der Waals surface area (Å²) in [7, 11) is 0. The lowest BCUT2D eigenvalue weighted by atomic mass is 10.1. The van der Waals surface area contributed by atoms with Crippen LogP contribution in [-0.2, 0) is 10.9 Å². The number of hydrogen-bond donors (Lipinski definition) is 0. The number of fused-ring (bicyclic) bond motifs is 1. The summed E-state index contributed by atoms with van der Waals surface area (Å²) in [6.07, 6.45) is -4.97. The van der Waals surface area contributed by atoms with Crippen LogP contribution in [0.25, 0.3) is 11.0 Å². The molecular weight excluding hydrogens is 373 g/mol. The first kappa shape index (κ1) is 18.5. The number of ether oxygens (including phenoxy) is 1. The molecule has 1 saturated heterocycles. The Bertz CT molecular complexity index is 823. The Morgan fingerprint density at radius 2 is 1.92 bits per heavy atom. The Morgan fingerprint density at radius 1 is 1.23 bits per heavy atom. The Morgan fingerprint density at radius 3 is 2.54 bits per heavy atom. The number of carbonyl (C=O) groups is 1. The Labute approximate surface area is 152 Å². The second kappa shape index (κ2) is 7.14. The third kappa shape index (κ3) is 3.77. The molecule has 1 aliphatic rings. The van der Waals surface area contributed by atoms with Crippen molar-refractivity contribution in [3.05, 3.63) is 28.9 Å². The molecule has 2 aromatic heterocycles. The molecule has 1 amide bonds. The van der Waals surface area contributed by atoms with Crippen molar-refractivity contribution in [3.8, 4) is 0 Å². The predicted octanol–water partition coefficient (Wildman–Crippen LogP) is 3.58. The highest BCUT2D eigenvalue weighted by molar-refractivity contribution is 6.29. The van der Waals surface area contributed by atoms with E-state index in [1.807, 2.05) is 0 Å². The Kier molecular flexibility index (Phi) is 5.08. The van der Waals surface area contributed by atoms with Crippen molar-refractivity contribution in [1.82, 2.24) is 14.9 Å². The zero-order valence-electron chi connectivity index (χ0n) is 13.9. The first-order valence-electron chi connectivity index (χ1n) is 8.00. The van der Waals surface area contributed by atoms with Crippen LogP contribution in [0.2, 0.25) is 5.15 Å². The summed E-state index contributed by atoms with van der Waals surface area (Å²) in [6, 6.07) is 3.58. The molecule has 0 N–H and O–H groups in total. The molecule has 1 aliphatic heterocycles. The lowest BCUT2D eigenvalue weighted by Gasteiger charge is -2.35. The molecule has 6 nitrogen and oxygen atoms in total. The van der Waals surface area contributed by atoms with Gasteiger partial charge in [-0.1, -0.05) is 11.6 Å². The molecular formula is C16H16ClF3N4O2. The lowest BCUT2D eigenvalue weighted by Crippen LogP contribution is -2.49. The van der Waals surface area contributed by atoms with Crippen LogP contribution in [0.1, 0.15) is 12.5 Å². The molecule has 2 aromatic rings. The van der Waals surface area contributed by atoms with Crippen molar-refractivity contribution >= 4 is 34.5 Å². The monoisotopic (exact) mass is 388 g/mol. The number of nitrogens with zero attached hydrogens (tertiary/aromatic N) is 4. The van der Waals surface area contributed by atoms with Gasteiger partial charge in [0.05, 0.1) is 12.2 Å². The van der Waals surface area contributed by atoms with E-state index in [1.165, 1.54) is 17.0 Å². The minimum Gasteiger partial charge on any atom is -0.450 e. The van der Waals surface area contributed by atoms with E-state index in [-0.39, 0.29) is 28.6 Å². The van der Waals surface area contributed by atoms with Crippen LogP contribution < -0.4 is 4.90 Å². The molecule has 3 heterocycles. The number of carbonyl (C=O) groups excluding carboxylic acids is 1. The van der Waals surface area contributed by atoms with Crippen molar-refractivity contribution in [2.24, 2.45) is 0 Å². The fraction of sp³-hybridized carbons (Fsp3) is 0.438. The van der Waals surface area contributed by atoms with E-state index in [1.54, 1.807) is 11.8 Å². The second-order valence-electron chi connectivity index (χ2n) is 5.70. The smallest absolute Gasteiger partial charge is 0.417 e. The average molecular weight is 389 g/mol. The fourth-order valence-corrected chi connectivity index (χ4v) is 2.94. The number of anilines is 1. The molecule has 0 unspecified atom stereocenters. The second-order valence-corrected chi connectivity index (χ2v) is 6.09. The number of piperazine rings is 1. The van der Waals surface area contributed by atoms with Gasteiger partial charge in [-0.25, -0.2) is 14.8 Å². The van der Waals surface area contributed by atoms with Gasteiger partial charge in [-0.15, -0.1) is 0 Å². The van der Waals surface area contributed by atoms with Crippen LogP contribution >= 0.6 is 11.6 Å². The van der Waals surface area contributed by atoms with E-state index in [0.29, 0.717) is 26.2 Å². The van der Waals surface area contributed by atoms with Crippen LogP contribution in [0, 0.1) is 0 Å². The van der Waals surface area contributed by atoms with Crippen molar-refractivity contribution < 1.29 is 22.7 Å². The largest absolute Gasteiger partial charge is 0.450 e. The molecule has 0 aliphatic carbocycles. The van der Waals surface area contributed by atoms with Crippen LogP contribution in [0.3, 0.4) is 0 Å². The van der Waals surface area contributed by atoms with Gasteiger partial charge in [0.15, 0.2) is 5.65 Å². The third-order valence-corrected chi connectivity index (χ3v) is 4.27. The van der Waals surface area contributed by atoms with E-state index in [2.05, 4.69) is 9.97 Å². The van der Waals surface area contributed by atoms with Gasteiger partial charge < -0.3 is 14.5 Å². The van der Waals surface area contributed by atoms with E-state index < -0.39 is 17.8 Å². The zero-order valence-corrected chi connectivity index (χ0v) is 14.6. The van der Waals surface area contributed by atoms with Gasteiger partial charge in [0.2, 0.25) is 0 Å². The predicted molar refractivity (Wildman–Crippen MR) is 90.4 cm³/mol. The summed E-state index contributed by atoms with van der Waals surface area (Å²) in [5.41, 5.74) is -0.871. The molecule has 0 radical (unpaired) electrons. The zero-order chi connectivity index (χ0) is 18.9. The first-order valence-corrected chi connectivity index (χ1v) is 8.38. The molecule has 26 heavy (non-hydrogen) atoms. The standard InChI is InChI=1S/C16H16ClF3N4O2/c1-2-26-15(25)24-7-5-23(6-8-24)13-9-11(16(18,19)20)10-3-4-12(17)21-14(10)22-13/h3-4,9H,2,5-8H2,1H3. The normalized spacial score (nSPS) is 15.4. The summed E-state index contributed by atoms with van der Waals surface area (Å²) in [6.45, 7) is 3.34. The van der Waals surface area contributed by atoms with Gasteiger partial charge in [0.1, 0.15) is 11.0 Å². The molecule has 0 saturated carbocycles. The molecule has 1 fully saturated rings. The molecule has 10 heteroatoms. The Balaban J connectivity index is 1.90. The maximum atomic E-state index is 13.4. The molecule has 0 bridgehead atoms. The van der Waals surface area contributed by atoms with Crippen molar-refractivity contribution in [1.29, 1.82) is 0 Å². The minimum absolute atomic E-state index is 0.0600. The summed E-state index contributed by atoms with van der Waals surface area (Å²) >= 11 is 5.80. The summed E-state index contributed by atoms with van der Waals surface area (Å²) in [4.78, 5) is 23.1. The highest BCUT2D eigenvalue weighted by Crippen LogP contribution is 2.36. The SMILES string of the molecule is CCOC(=O)N1CCN(c2cc(C(F)(F)F)c3ccc(Cl)nc3n2)CC1. The molecule has 140 valence electrons. The van der Waals surface area contributed by atoms with Gasteiger partial charge in [-0.3, -0.25) is 0 Å². The number of aromatic nitrogens is 2. The van der Waals surface area contributed by atoms with Crippen LogP contribution in [0.4, 0.5) is 23.8 Å². The van der Waals surface area contributed by atoms with E-state index in [4.69, 9.17) is 16.3 Å². The molecule has 0 aromatic carbocycles. The van der Waals surface area contributed by atoms with Crippen LogP contribution in [-0.4, -0.2) is 53.7 Å². The Hall–Kier alpha value is -2.29. The first-order chi connectivity index (χ1) is 12.3. The summed E-state index contributed by atoms with van der Waals surface area (Å²) in [5, 5.41) is -0.0294. The summed E-state index contributed by atoms with van der Waals surface area (Å²) in [5.74, 6) is 0.156. The summed E-state index contributed by atoms with van der Waals surface area (Å²) < 4.78 is 45.3. The van der Waals surface area contributed by atoms with Crippen LogP contribution in [0.5, 0.6) is 0 Å². The highest BCUT2D eigenvalue weighted by Gasteiger charge is 2.35. The highest BCUT2D eigenvalue weighted by atomic mass is 35.5. The molecule has 3 rings (SSSR count). The van der Waals surface area contributed by atoms with Gasteiger partial charge >= 0.3 is 12.3 Å². The van der Waals surface area contributed by atoms with E-state index in [9.17, 15) is 18.0 Å². The quantitative estimate of drug-likeness (QED) is 0.736. The number of amides is 1. The maximum Gasteiger partial charge on any atom is 0.417 e. The number of rotatable bonds is 2. The average Bonchev–Trinajstić information content (AvgIpc) is 2.60. The van der Waals surface area contributed by atoms with Gasteiger partial charge in [0.25, 0.3) is 0 Å². The lowest BCUT2D eigenvalue weighted by molar-refractivity contribution is -0.136. The number of halogens is 4. The fourth-order valence-electron chi connectivity index (χ4n) is 2.80. The number of hydrogen-bond acceptors (Lipinski definition) is 5. The molecule has 0 atom stereocenters. The van der Waals surface area contributed by atoms with Gasteiger partial charge in [-0.05, 0) is 25.1 Å². The van der Waals surface area contributed by atoms with Crippen LogP contribution in [0.15, 0.2) is 18.2 Å². The van der Waals surface area contributed by atoms with Crippen molar-refractivity contribution in [2.75, 3.05) is 37.7 Å². The molecule has 0 spiro atoms. The van der Waals surface area contributed by atoms with E-state index >= 15 is 0 Å². The minimum atomic E-state index is -4.54. The van der Waals surface area contributed by atoms with E-state index in [0.717, 1.165) is 6.07 Å². The van der Waals surface area contributed by atoms with Crippen molar-refractivity contribution in [2.45, 2.75) is 13.1 Å². The van der Waals surface area contributed by atoms with Gasteiger partial charge in [-0.2, -0.15) is 13.2 Å². The third-order valence-electron chi connectivity index (χ3n) is 4.06. The number of pyridine rings is 2. The van der Waals surface area contributed by atoms with Crippen molar-refractivity contribution in [3.63, 3.8) is 0 Å². The maximum absolute atomic E-state index is 13.4. The van der Waals surface area contributed by atoms with Gasteiger partial charge in [0, 0.05) is 31.6 Å².